The molecule has 0 fully saturated rings. The summed E-state index contributed by atoms with van der Waals surface area (Å²) in [5.41, 5.74) is 2.16. The van der Waals surface area contributed by atoms with Crippen molar-refractivity contribution in [3.05, 3.63) is 52.7 Å². The predicted octanol–water partition coefficient (Wildman–Crippen LogP) is 3.78. The van der Waals surface area contributed by atoms with Gasteiger partial charge in [-0.2, -0.15) is 23.3 Å². The van der Waals surface area contributed by atoms with E-state index >= 15 is 0 Å². The third kappa shape index (κ3) is 5.05. The molecule has 1 atom stereocenters. The highest BCUT2D eigenvalue weighted by atomic mass is 19.4. The number of halogens is 3. The highest BCUT2D eigenvalue weighted by Crippen LogP contribution is 2.34. The number of amides is 1. The number of nitrogens with zero attached hydrogens (tertiary/aromatic N) is 6. The Hall–Kier alpha value is -3.70. The summed E-state index contributed by atoms with van der Waals surface area (Å²) in [4.78, 5) is 27.1. The third-order valence-electron chi connectivity index (χ3n) is 5.93. The summed E-state index contributed by atoms with van der Waals surface area (Å²) in [7, 11) is 1.85. The van der Waals surface area contributed by atoms with Gasteiger partial charge in [0.1, 0.15) is 17.4 Å². The first-order valence-corrected chi connectivity index (χ1v) is 11.1. The molecule has 3 aromatic heterocycles. The van der Waals surface area contributed by atoms with E-state index in [0.29, 0.717) is 47.5 Å². The van der Waals surface area contributed by atoms with Gasteiger partial charge in [0.2, 0.25) is 11.9 Å². The van der Waals surface area contributed by atoms with E-state index in [1.807, 2.05) is 32.7 Å². The molecule has 35 heavy (non-hydrogen) atoms. The van der Waals surface area contributed by atoms with Crippen LogP contribution >= 0.6 is 0 Å². The van der Waals surface area contributed by atoms with Crippen LogP contribution in [0.2, 0.25) is 0 Å². The average molecular weight is 489 g/mol. The summed E-state index contributed by atoms with van der Waals surface area (Å²) in [6.45, 7) is 8.03. The number of alkyl halides is 3. The van der Waals surface area contributed by atoms with Gasteiger partial charge < -0.3 is 15.5 Å². The zero-order chi connectivity index (χ0) is 25.5. The second kappa shape index (κ2) is 9.16. The van der Waals surface area contributed by atoms with Gasteiger partial charge in [-0.3, -0.25) is 9.48 Å². The van der Waals surface area contributed by atoms with E-state index in [1.54, 1.807) is 24.0 Å². The van der Waals surface area contributed by atoms with Crippen molar-refractivity contribution < 1.29 is 18.0 Å². The van der Waals surface area contributed by atoms with Crippen molar-refractivity contribution in [1.82, 2.24) is 24.7 Å². The number of hydrogen-bond acceptors (Lipinski definition) is 7. The topological polar surface area (TPSA) is 101 Å². The lowest BCUT2D eigenvalue weighted by Gasteiger charge is -2.36. The van der Waals surface area contributed by atoms with Crippen LogP contribution in [0.3, 0.4) is 0 Å². The normalized spacial score (nSPS) is 15.9. The maximum Gasteiger partial charge on any atom is 0.433 e. The van der Waals surface area contributed by atoms with E-state index in [-0.39, 0.29) is 17.9 Å². The van der Waals surface area contributed by atoms with E-state index < -0.39 is 11.9 Å². The molecule has 0 saturated heterocycles. The minimum Gasteiger partial charge on any atom is -0.350 e. The lowest BCUT2D eigenvalue weighted by Crippen LogP contribution is -2.49. The first-order valence-electron chi connectivity index (χ1n) is 11.1. The SMILES string of the molecule is Cc1nc(C(F)(F)F)ccc1Cn1cc(CNc2nc(C)c3c(n2)N(C)[C@@H](C(C)C)C(=O)N3)cn1. The molecule has 0 aliphatic carbocycles. The number of carbonyl (C=O) groups excluding carboxylic acids is 1. The molecule has 186 valence electrons. The van der Waals surface area contributed by atoms with Crippen molar-refractivity contribution in [3.63, 3.8) is 0 Å². The molecular weight excluding hydrogens is 461 g/mol. The standard InChI is InChI=1S/C23H27F3N8O/c1-12(2)19-21(35)31-18-14(4)30-22(32-20(18)33(19)5)27-8-15-9-28-34(10-15)11-16-6-7-17(23(24,25)26)29-13(16)3/h6-7,9-10,12,19H,8,11H2,1-5H3,(H,31,35)(H,27,30,32)/t19-/m0/s1. The predicted molar refractivity (Wildman–Crippen MR) is 125 cm³/mol. The summed E-state index contributed by atoms with van der Waals surface area (Å²) in [6.07, 6.45) is -0.996. The number of nitrogens with one attached hydrogen (secondary N) is 2. The monoisotopic (exact) mass is 488 g/mol. The molecule has 0 radical (unpaired) electrons. The van der Waals surface area contributed by atoms with Gasteiger partial charge in [0.25, 0.3) is 0 Å². The summed E-state index contributed by atoms with van der Waals surface area (Å²) >= 11 is 0. The van der Waals surface area contributed by atoms with Crippen molar-refractivity contribution >= 4 is 23.4 Å². The number of aryl methyl sites for hydroxylation is 2. The second-order valence-electron chi connectivity index (χ2n) is 8.96. The lowest BCUT2D eigenvalue weighted by molar-refractivity contribution is -0.141. The molecular formula is C23H27F3N8O. The zero-order valence-electron chi connectivity index (χ0n) is 20.1. The molecule has 2 N–H and O–H groups in total. The molecule has 0 spiro atoms. The van der Waals surface area contributed by atoms with Gasteiger partial charge in [0, 0.05) is 31.0 Å². The van der Waals surface area contributed by atoms with Gasteiger partial charge in [-0.1, -0.05) is 19.9 Å². The Morgan fingerprint density at radius 2 is 1.89 bits per heavy atom. The molecule has 0 aromatic carbocycles. The number of anilines is 3. The van der Waals surface area contributed by atoms with Crippen LogP contribution in [0, 0.1) is 19.8 Å². The van der Waals surface area contributed by atoms with Gasteiger partial charge in [0.05, 0.1) is 18.4 Å². The Labute approximate surface area is 200 Å². The van der Waals surface area contributed by atoms with E-state index in [4.69, 9.17) is 0 Å². The fraction of sp³-hybridized carbons (Fsp3) is 0.435. The first-order chi connectivity index (χ1) is 16.4. The molecule has 4 rings (SSSR count). The summed E-state index contributed by atoms with van der Waals surface area (Å²) in [5.74, 6) is 1.10. The molecule has 3 aromatic rings. The van der Waals surface area contributed by atoms with Crippen molar-refractivity contribution in [1.29, 1.82) is 0 Å². The Morgan fingerprint density at radius 1 is 1.14 bits per heavy atom. The maximum atomic E-state index is 12.8. The van der Waals surface area contributed by atoms with Crippen LogP contribution in [0.15, 0.2) is 24.5 Å². The number of fused-ring (bicyclic) bond motifs is 1. The van der Waals surface area contributed by atoms with Crippen LogP contribution in [-0.4, -0.2) is 43.7 Å². The van der Waals surface area contributed by atoms with Crippen LogP contribution in [0.25, 0.3) is 0 Å². The molecule has 0 bridgehead atoms. The molecule has 12 heteroatoms. The summed E-state index contributed by atoms with van der Waals surface area (Å²) in [5, 5.41) is 10.4. The molecule has 9 nitrogen and oxygen atoms in total. The Kier molecular flexibility index (Phi) is 6.39. The van der Waals surface area contributed by atoms with Crippen LogP contribution < -0.4 is 15.5 Å². The van der Waals surface area contributed by atoms with Gasteiger partial charge in [-0.05, 0) is 31.4 Å². The van der Waals surface area contributed by atoms with Crippen molar-refractivity contribution in [2.24, 2.45) is 5.92 Å². The highest BCUT2D eigenvalue weighted by molar-refractivity contribution is 6.03. The fourth-order valence-corrected chi connectivity index (χ4v) is 4.15. The van der Waals surface area contributed by atoms with Gasteiger partial charge in [0.15, 0.2) is 5.82 Å². The van der Waals surface area contributed by atoms with Crippen LogP contribution in [0.1, 0.15) is 42.1 Å². The summed E-state index contributed by atoms with van der Waals surface area (Å²) in [6, 6.07) is 2.08. The number of carbonyl (C=O) groups is 1. The van der Waals surface area contributed by atoms with E-state index in [1.165, 1.54) is 6.07 Å². The van der Waals surface area contributed by atoms with Gasteiger partial charge >= 0.3 is 6.18 Å². The average Bonchev–Trinajstić information content (AvgIpc) is 3.21. The molecule has 0 saturated carbocycles. The number of rotatable bonds is 6. The number of likely N-dealkylation sites (N-methyl/N-ethyl adjacent to an activating group) is 1. The van der Waals surface area contributed by atoms with Gasteiger partial charge in [-0.25, -0.2) is 9.97 Å². The first kappa shape index (κ1) is 24.4. The smallest absolute Gasteiger partial charge is 0.350 e. The number of aromatic nitrogens is 5. The van der Waals surface area contributed by atoms with Crippen LogP contribution in [0.4, 0.5) is 30.6 Å². The third-order valence-corrected chi connectivity index (χ3v) is 5.93. The second-order valence-corrected chi connectivity index (χ2v) is 8.96. The zero-order valence-corrected chi connectivity index (χ0v) is 20.1. The number of pyridine rings is 1. The fourth-order valence-electron chi connectivity index (χ4n) is 4.15. The molecule has 1 aliphatic rings. The number of hydrogen-bond donors (Lipinski definition) is 2. The molecule has 0 unspecified atom stereocenters. The minimum atomic E-state index is -4.47. The largest absolute Gasteiger partial charge is 0.433 e. The maximum absolute atomic E-state index is 12.8. The van der Waals surface area contributed by atoms with Crippen molar-refractivity contribution in [3.8, 4) is 0 Å². The Morgan fingerprint density at radius 3 is 2.54 bits per heavy atom. The van der Waals surface area contributed by atoms with Crippen molar-refractivity contribution in [2.45, 2.75) is 53.0 Å². The van der Waals surface area contributed by atoms with Crippen molar-refractivity contribution in [2.75, 3.05) is 22.6 Å². The Balaban J connectivity index is 1.45. The van der Waals surface area contributed by atoms with Crippen LogP contribution in [-0.2, 0) is 24.1 Å². The Bertz CT molecular complexity index is 1250. The summed E-state index contributed by atoms with van der Waals surface area (Å²) < 4.78 is 40.2. The highest BCUT2D eigenvalue weighted by Gasteiger charge is 2.35. The minimum absolute atomic E-state index is 0.0756. The van der Waals surface area contributed by atoms with E-state index in [0.717, 1.165) is 11.6 Å². The quantitative estimate of drug-likeness (QED) is 0.545. The van der Waals surface area contributed by atoms with Gasteiger partial charge in [-0.15, -0.1) is 0 Å². The van der Waals surface area contributed by atoms with E-state index in [2.05, 4.69) is 30.7 Å². The van der Waals surface area contributed by atoms with Crippen LogP contribution in [0.5, 0.6) is 0 Å². The lowest BCUT2D eigenvalue weighted by atomic mass is 9.99. The molecule has 4 heterocycles. The van der Waals surface area contributed by atoms with E-state index in [9.17, 15) is 18.0 Å². The molecule has 1 aliphatic heterocycles. The molecule has 1 amide bonds.